The van der Waals surface area contributed by atoms with E-state index >= 15 is 0 Å². The lowest BCUT2D eigenvalue weighted by Gasteiger charge is -2.39. The number of aromatic nitrogens is 4. The summed E-state index contributed by atoms with van der Waals surface area (Å²) in [6, 6.07) is 6.43. The van der Waals surface area contributed by atoms with Crippen molar-refractivity contribution >= 4 is 22.7 Å². The molecule has 1 atom stereocenters. The van der Waals surface area contributed by atoms with Gasteiger partial charge in [-0.25, -0.2) is 14.6 Å². The van der Waals surface area contributed by atoms with Crippen molar-refractivity contribution in [2.24, 2.45) is 5.41 Å². The van der Waals surface area contributed by atoms with Gasteiger partial charge in [0.2, 0.25) is 0 Å². The second-order valence-electron chi connectivity index (χ2n) is 9.71. The highest BCUT2D eigenvalue weighted by atomic mass is 16.5. The Bertz CT molecular complexity index is 1170. The molecular formula is C24H30N6O2. The van der Waals surface area contributed by atoms with Gasteiger partial charge in [0, 0.05) is 32.4 Å². The largest absolute Gasteiger partial charge is 0.390 e. The third kappa shape index (κ3) is 3.16. The Morgan fingerprint density at radius 1 is 1.19 bits per heavy atom. The van der Waals surface area contributed by atoms with Crippen LogP contribution < -0.4 is 9.80 Å². The Labute approximate surface area is 187 Å². The molecule has 5 heterocycles. The normalized spacial score (nSPS) is 22.3. The number of likely N-dealkylation sites (N-methyl/N-ethyl adjacent to an activating group) is 1. The molecule has 8 heteroatoms. The number of rotatable bonds is 3. The number of aliphatic hydroxyl groups is 1. The lowest BCUT2D eigenvalue weighted by Crippen LogP contribution is -2.41. The summed E-state index contributed by atoms with van der Waals surface area (Å²) in [6.07, 6.45) is 6.53. The van der Waals surface area contributed by atoms with Crippen LogP contribution in [0.4, 0.5) is 11.5 Å². The number of hydrogen-bond donors (Lipinski definition) is 1. The molecule has 8 nitrogen and oxygen atoms in total. The van der Waals surface area contributed by atoms with Crippen molar-refractivity contribution in [2.45, 2.75) is 45.3 Å². The third-order valence-corrected chi connectivity index (χ3v) is 7.56. The molecule has 32 heavy (non-hydrogen) atoms. The molecule has 3 aliphatic rings. The number of anilines is 2. The fourth-order valence-electron chi connectivity index (χ4n) is 5.67. The fraction of sp³-hybridized carbons (Fsp3) is 0.542. The molecule has 6 rings (SSSR count). The molecule has 2 fully saturated rings. The maximum atomic E-state index is 10.1. The highest BCUT2D eigenvalue weighted by Gasteiger charge is 2.41. The predicted octanol–water partition coefficient (Wildman–Crippen LogP) is 2.70. The van der Waals surface area contributed by atoms with Crippen LogP contribution in [-0.2, 0) is 17.8 Å². The van der Waals surface area contributed by atoms with E-state index in [0.29, 0.717) is 22.9 Å². The Morgan fingerprint density at radius 3 is 2.78 bits per heavy atom. The lowest BCUT2D eigenvalue weighted by molar-refractivity contribution is 0.0975. The molecule has 3 aliphatic heterocycles. The Hall–Kier alpha value is -2.71. The van der Waals surface area contributed by atoms with E-state index in [4.69, 9.17) is 14.7 Å². The van der Waals surface area contributed by atoms with Crippen molar-refractivity contribution in [3.8, 4) is 5.69 Å². The summed E-state index contributed by atoms with van der Waals surface area (Å²) in [5.41, 5.74) is 5.93. The molecule has 0 saturated carbocycles. The zero-order valence-corrected chi connectivity index (χ0v) is 18.8. The van der Waals surface area contributed by atoms with Gasteiger partial charge in [-0.15, -0.1) is 0 Å². The zero-order chi connectivity index (χ0) is 21.9. The van der Waals surface area contributed by atoms with Crippen molar-refractivity contribution in [3.05, 3.63) is 35.7 Å². The molecule has 0 radical (unpaired) electrons. The molecule has 168 valence electrons. The van der Waals surface area contributed by atoms with Gasteiger partial charge >= 0.3 is 0 Å². The molecule has 0 aliphatic carbocycles. The van der Waals surface area contributed by atoms with E-state index in [-0.39, 0.29) is 6.61 Å². The van der Waals surface area contributed by atoms with Gasteiger partial charge in [0.15, 0.2) is 11.5 Å². The number of benzene rings is 1. The van der Waals surface area contributed by atoms with Gasteiger partial charge in [0.05, 0.1) is 31.2 Å². The van der Waals surface area contributed by atoms with E-state index in [1.165, 1.54) is 11.3 Å². The summed E-state index contributed by atoms with van der Waals surface area (Å²) < 4.78 is 7.70. The summed E-state index contributed by atoms with van der Waals surface area (Å²) in [7, 11) is 2.12. The van der Waals surface area contributed by atoms with Crippen LogP contribution in [0.25, 0.3) is 16.9 Å². The van der Waals surface area contributed by atoms with E-state index in [1.54, 1.807) is 6.20 Å². The molecule has 0 bridgehead atoms. The molecule has 1 N–H and O–H groups in total. The van der Waals surface area contributed by atoms with Crippen molar-refractivity contribution in [1.29, 1.82) is 0 Å². The quantitative estimate of drug-likeness (QED) is 0.679. The first-order valence-corrected chi connectivity index (χ1v) is 11.6. The molecule has 2 saturated heterocycles. The summed E-state index contributed by atoms with van der Waals surface area (Å²) in [5, 5.41) is 14.7. The van der Waals surface area contributed by atoms with Gasteiger partial charge in [-0.1, -0.05) is 6.07 Å². The Kier molecular flexibility index (Phi) is 4.62. The van der Waals surface area contributed by atoms with Gasteiger partial charge in [-0.05, 0) is 55.7 Å². The van der Waals surface area contributed by atoms with E-state index in [2.05, 4.69) is 47.1 Å². The number of nitrogens with zero attached hydrogens (tertiary/aromatic N) is 6. The topological polar surface area (TPSA) is 79.5 Å². The van der Waals surface area contributed by atoms with Crippen molar-refractivity contribution < 1.29 is 9.84 Å². The van der Waals surface area contributed by atoms with Crippen LogP contribution in [0.2, 0.25) is 0 Å². The van der Waals surface area contributed by atoms with Crippen LogP contribution >= 0.6 is 0 Å². The van der Waals surface area contributed by atoms with Crippen LogP contribution in [0, 0.1) is 5.41 Å². The number of piperidine rings is 1. The van der Waals surface area contributed by atoms with E-state index in [0.717, 1.165) is 68.9 Å². The number of ether oxygens (including phenoxy) is 1. The molecule has 0 amide bonds. The molecule has 3 aromatic rings. The number of aliphatic hydroxyl groups excluding tert-OH is 1. The minimum atomic E-state index is -0.141. The first kappa shape index (κ1) is 19.9. The predicted molar refractivity (Wildman–Crippen MR) is 123 cm³/mol. The molecule has 0 unspecified atom stereocenters. The van der Waals surface area contributed by atoms with Crippen LogP contribution in [0.5, 0.6) is 0 Å². The van der Waals surface area contributed by atoms with Crippen molar-refractivity contribution in [2.75, 3.05) is 43.1 Å². The standard InChI is InChI=1S/C24H30N6O2/c1-16-12-24(15-32-16)6-9-29(10-7-24)22-20(14-31)27-23-19(26-22)13-25-30(23)18-4-3-17-5-8-28(2)21(17)11-18/h3-4,11,13,16,31H,5-10,12,14-15H2,1-2H3/t16-/m0/s1. The number of fused-ring (bicyclic) bond motifs is 2. The van der Waals surface area contributed by atoms with Gasteiger partial charge in [-0.2, -0.15) is 5.10 Å². The zero-order valence-electron chi connectivity index (χ0n) is 18.8. The molecule has 1 aromatic carbocycles. The fourth-order valence-corrected chi connectivity index (χ4v) is 5.67. The Morgan fingerprint density at radius 2 is 2.03 bits per heavy atom. The average molecular weight is 435 g/mol. The highest BCUT2D eigenvalue weighted by molar-refractivity contribution is 5.75. The first-order valence-electron chi connectivity index (χ1n) is 11.6. The Balaban J connectivity index is 1.32. The van der Waals surface area contributed by atoms with E-state index in [9.17, 15) is 5.11 Å². The average Bonchev–Trinajstić information content (AvgIpc) is 3.50. The second-order valence-corrected chi connectivity index (χ2v) is 9.71. The lowest BCUT2D eigenvalue weighted by atomic mass is 9.77. The number of hydrogen-bond acceptors (Lipinski definition) is 7. The van der Waals surface area contributed by atoms with Crippen LogP contribution in [0.15, 0.2) is 24.4 Å². The van der Waals surface area contributed by atoms with E-state index < -0.39 is 0 Å². The maximum absolute atomic E-state index is 10.1. The van der Waals surface area contributed by atoms with Gasteiger partial charge < -0.3 is 19.6 Å². The first-order chi connectivity index (χ1) is 15.5. The van der Waals surface area contributed by atoms with Gasteiger partial charge in [0.25, 0.3) is 0 Å². The SMILES string of the molecule is C[C@H]1CC2(CCN(c3nc4cnn(-c5ccc6c(c5)N(C)CC6)c4nc3CO)CC2)CO1. The van der Waals surface area contributed by atoms with E-state index in [1.807, 2.05) is 4.68 Å². The smallest absolute Gasteiger partial charge is 0.182 e. The molecular weight excluding hydrogens is 404 g/mol. The van der Waals surface area contributed by atoms with Gasteiger partial charge in [-0.3, -0.25) is 0 Å². The van der Waals surface area contributed by atoms with Crippen molar-refractivity contribution in [1.82, 2.24) is 19.7 Å². The molecule has 2 aromatic heterocycles. The highest BCUT2D eigenvalue weighted by Crippen LogP contribution is 2.42. The summed E-state index contributed by atoms with van der Waals surface area (Å²) in [5.74, 6) is 0.787. The minimum Gasteiger partial charge on any atom is -0.390 e. The monoisotopic (exact) mass is 434 g/mol. The van der Waals surface area contributed by atoms with Crippen LogP contribution in [0.3, 0.4) is 0 Å². The van der Waals surface area contributed by atoms with Crippen molar-refractivity contribution in [3.63, 3.8) is 0 Å². The van der Waals surface area contributed by atoms with Crippen LogP contribution in [-0.4, -0.2) is 64.2 Å². The van der Waals surface area contributed by atoms with Gasteiger partial charge in [0.1, 0.15) is 11.2 Å². The third-order valence-electron chi connectivity index (χ3n) is 7.56. The summed E-state index contributed by atoms with van der Waals surface area (Å²) in [6.45, 7) is 5.75. The van der Waals surface area contributed by atoms with Crippen LogP contribution in [0.1, 0.15) is 37.4 Å². The molecule has 1 spiro atoms. The summed E-state index contributed by atoms with van der Waals surface area (Å²) in [4.78, 5) is 14.3. The summed E-state index contributed by atoms with van der Waals surface area (Å²) >= 11 is 0. The minimum absolute atomic E-state index is 0.141. The second kappa shape index (κ2) is 7.42. The maximum Gasteiger partial charge on any atom is 0.182 e.